The Morgan fingerprint density at radius 3 is 2.61 bits per heavy atom. The second-order valence-electron chi connectivity index (χ2n) is 5.94. The molecule has 0 amide bonds. The average Bonchev–Trinajstić information content (AvgIpc) is 2.45. The third-order valence-electron chi connectivity index (χ3n) is 4.34. The summed E-state index contributed by atoms with van der Waals surface area (Å²) in [6.45, 7) is 1.43. The normalized spacial score (nSPS) is 25.1. The minimum Gasteiger partial charge on any atom is -0.478 e. The second-order valence-corrected chi connectivity index (χ2v) is 6.34. The number of alkyl halides is 3. The summed E-state index contributed by atoms with van der Waals surface area (Å²) in [5, 5.41) is 18.3. The standard InChI is InChI=1S/C16H16ClF3O3/c1-15(7-9(8-21)2-4-11(15)14(22)23)10-3-5-13(17)12(6-10)16(18,19)20/h3-6,9,21H,2,7-8H2,1H3,(H,22,23). The van der Waals surface area contributed by atoms with Crippen LogP contribution in [-0.4, -0.2) is 22.8 Å². The molecule has 126 valence electrons. The fourth-order valence-electron chi connectivity index (χ4n) is 3.10. The van der Waals surface area contributed by atoms with Crippen LogP contribution in [0, 0.1) is 5.92 Å². The predicted octanol–water partition coefficient (Wildman–Crippen LogP) is 4.03. The molecule has 3 nitrogen and oxygen atoms in total. The molecule has 1 aromatic carbocycles. The third kappa shape index (κ3) is 3.38. The van der Waals surface area contributed by atoms with Crippen molar-refractivity contribution in [2.45, 2.75) is 31.4 Å². The Balaban J connectivity index is 2.59. The molecule has 0 bridgehead atoms. The number of aliphatic hydroxyl groups excluding tert-OH is 1. The molecular formula is C16H16ClF3O3. The number of hydrogen-bond acceptors (Lipinski definition) is 2. The second kappa shape index (κ2) is 6.17. The maximum atomic E-state index is 13.1. The Bertz CT molecular complexity index is 654. The number of carboxylic acid groups (broad SMARTS) is 1. The van der Waals surface area contributed by atoms with Gasteiger partial charge in [-0.05, 0) is 36.5 Å². The van der Waals surface area contributed by atoms with E-state index in [0.29, 0.717) is 6.42 Å². The largest absolute Gasteiger partial charge is 0.478 e. The lowest BCUT2D eigenvalue weighted by Crippen LogP contribution is -2.36. The van der Waals surface area contributed by atoms with Crippen molar-refractivity contribution in [3.8, 4) is 0 Å². The van der Waals surface area contributed by atoms with E-state index in [2.05, 4.69) is 0 Å². The fourth-order valence-corrected chi connectivity index (χ4v) is 3.33. The van der Waals surface area contributed by atoms with Gasteiger partial charge in [0.25, 0.3) is 0 Å². The van der Waals surface area contributed by atoms with Gasteiger partial charge < -0.3 is 10.2 Å². The topological polar surface area (TPSA) is 57.5 Å². The number of carboxylic acids is 1. The van der Waals surface area contributed by atoms with Crippen LogP contribution in [0.2, 0.25) is 5.02 Å². The number of hydrogen-bond donors (Lipinski definition) is 2. The van der Waals surface area contributed by atoms with Crippen LogP contribution < -0.4 is 0 Å². The predicted molar refractivity (Wildman–Crippen MR) is 79.3 cm³/mol. The van der Waals surface area contributed by atoms with Crippen molar-refractivity contribution in [2.75, 3.05) is 6.61 Å². The Kier molecular flexibility index (Phi) is 4.78. The first-order chi connectivity index (χ1) is 10.6. The molecule has 0 heterocycles. The summed E-state index contributed by atoms with van der Waals surface area (Å²) >= 11 is 5.63. The molecule has 2 unspecified atom stereocenters. The monoisotopic (exact) mass is 348 g/mol. The molecule has 2 atom stereocenters. The molecule has 0 saturated carbocycles. The molecule has 2 N–H and O–H groups in total. The SMILES string of the molecule is CC1(c2ccc(Cl)c(C(F)(F)F)c2)CC(CO)CC=C1C(=O)O. The summed E-state index contributed by atoms with van der Waals surface area (Å²) in [5.74, 6) is -1.37. The van der Waals surface area contributed by atoms with E-state index in [-0.39, 0.29) is 30.1 Å². The zero-order valence-electron chi connectivity index (χ0n) is 12.3. The van der Waals surface area contributed by atoms with E-state index >= 15 is 0 Å². The molecule has 0 aromatic heterocycles. The van der Waals surface area contributed by atoms with Gasteiger partial charge in [-0.15, -0.1) is 0 Å². The van der Waals surface area contributed by atoms with Crippen LogP contribution in [0.1, 0.15) is 30.9 Å². The van der Waals surface area contributed by atoms with Crippen LogP contribution in [0.15, 0.2) is 29.8 Å². The molecule has 23 heavy (non-hydrogen) atoms. The molecule has 7 heteroatoms. The van der Waals surface area contributed by atoms with Crippen LogP contribution in [0.3, 0.4) is 0 Å². The van der Waals surface area contributed by atoms with Crippen molar-refractivity contribution in [2.24, 2.45) is 5.92 Å². The van der Waals surface area contributed by atoms with Gasteiger partial charge in [-0.25, -0.2) is 4.79 Å². The molecule has 0 saturated heterocycles. The number of benzene rings is 1. The van der Waals surface area contributed by atoms with Crippen molar-refractivity contribution in [1.29, 1.82) is 0 Å². The summed E-state index contributed by atoms with van der Waals surface area (Å²) in [6, 6.07) is 3.44. The number of rotatable bonds is 3. The molecule has 0 aliphatic heterocycles. The van der Waals surface area contributed by atoms with E-state index < -0.39 is 28.1 Å². The highest BCUT2D eigenvalue weighted by Gasteiger charge is 2.42. The fraction of sp³-hybridized carbons (Fsp3) is 0.438. The number of carbonyl (C=O) groups is 1. The molecular weight excluding hydrogens is 333 g/mol. The van der Waals surface area contributed by atoms with Gasteiger partial charge in [0.1, 0.15) is 0 Å². The first-order valence-electron chi connectivity index (χ1n) is 7.01. The lowest BCUT2D eigenvalue weighted by Gasteiger charge is -2.38. The molecule has 2 rings (SSSR count). The summed E-state index contributed by atoms with van der Waals surface area (Å²) in [5.41, 5.74) is -1.85. The van der Waals surface area contributed by atoms with Gasteiger partial charge in [0.05, 0.1) is 10.6 Å². The quantitative estimate of drug-likeness (QED) is 0.867. The summed E-state index contributed by atoms with van der Waals surface area (Å²) in [7, 11) is 0. The molecule has 1 aliphatic rings. The van der Waals surface area contributed by atoms with Crippen molar-refractivity contribution in [3.63, 3.8) is 0 Å². The highest BCUT2D eigenvalue weighted by Crippen LogP contribution is 2.45. The van der Waals surface area contributed by atoms with Gasteiger partial charge in [-0.3, -0.25) is 0 Å². The number of aliphatic hydroxyl groups is 1. The molecule has 0 radical (unpaired) electrons. The minimum atomic E-state index is -4.62. The van der Waals surface area contributed by atoms with Crippen molar-refractivity contribution in [1.82, 2.24) is 0 Å². The molecule has 1 aliphatic carbocycles. The van der Waals surface area contributed by atoms with Gasteiger partial charge in [-0.1, -0.05) is 30.7 Å². The average molecular weight is 349 g/mol. The lowest BCUT2D eigenvalue weighted by molar-refractivity contribution is -0.137. The van der Waals surface area contributed by atoms with Gasteiger partial charge >= 0.3 is 12.1 Å². The minimum absolute atomic E-state index is 0.0395. The van der Waals surface area contributed by atoms with Gasteiger partial charge in [0.2, 0.25) is 0 Å². The van der Waals surface area contributed by atoms with E-state index in [4.69, 9.17) is 11.6 Å². The van der Waals surface area contributed by atoms with E-state index in [1.54, 1.807) is 6.92 Å². The number of allylic oxidation sites excluding steroid dienone is 1. The Morgan fingerprint density at radius 2 is 2.09 bits per heavy atom. The summed E-state index contributed by atoms with van der Waals surface area (Å²) in [4.78, 5) is 11.5. The summed E-state index contributed by atoms with van der Waals surface area (Å²) in [6.07, 6.45) is -2.51. The van der Waals surface area contributed by atoms with Gasteiger partial charge in [0, 0.05) is 17.6 Å². The van der Waals surface area contributed by atoms with Crippen molar-refractivity contribution in [3.05, 3.63) is 46.0 Å². The van der Waals surface area contributed by atoms with E-state index in [0.717, 1.165) is 12.1 Å². The van der Waals surface area contributed by atoms with Crippen LogP contribution in [0.25, 0.3) is 0 Å². The van der Waals surface area contributed by atoms with Gasteiger partial charge in [0.15, 0.2) is 0 Å². The van der Waals surface area contributed by atoms with Crippen LogP contribution in [-0.2, 0) is 16.4 Å². The van der Waals surface area contributed by atoms with Crippen molar-refractivity contribution < 1.29 is 28.2 Å². The highest BCUT2D eigenvalue weighted by atomic mass is 35.5. The van der Waals surface area contributed by atoms with Gasteiger partial charge in [-0.2, -0.15) is 13.2 Å². The number of halogens is 4. The Hall–Kier alpha value is -1.53. The molecule has 0 spiro atoms. The smallest absolute Gasteiger partial charge is 0.417 e. The highest BCUT2D eigenvalue weighted by molar-refractivity contribution is 6.31. The summed E-state index contributed by atoms with van der Waals surface area (Å²) < 4.78 is 39.2. The maximum Gasteiger partial charge on any atom is 0.417 e. The zero-order chi connectivity index (χ0) is 17.4. The first-order valence-corrected chi connectivity index (χ1v) is 7.39. The molecule has 0 fully saturated rings. The van der Waals surface area contributed by atoms with Crippen LogP contribution in [0.5, 0.6) is 0 Å². The first kappa shape index (κ1) is 17.8. The van der Waals surface area contributed by atoms with Crippen molar-refractivity contribution >= 4 is 17.6 Å². The van der Waals surface area contributed by atoms with Crippen LogP contribution in [0.4, 0.5) is 13.2 Å². The Labute approximate surface area is 136 Å². The molecule has 1 aromatic rings. The van der Waals surface area contributed by atoms with Crippen LogP contribution >= 0.6 is 11.6 Å². The van der Waals surface area contributed by atoms with E-state index in [1.807, 2.05) is 0 Å². The maximum absolute atomic E-state index is 13.1. The number of aliphatic carboxylic acids is 1. The zero-order valence-corrected chi connectivity index (χ0v) is 13.1. The van der Waals surface area contributed by atoms with E-state index in [9.17, 15) is 28.2 Å². The third-order valence-corrected chi connectivity index (χ3v) is 4.67. The van der Waals surface area contributed by atoms with E-state index in [1.165, 1.54) is 12.1 Å². The lowest BCUT2D eigenvalue weighted by atomic mass is 9.66. The Morgan fingerprint density at radius 1 is 1.43 bits per heavy atom.